The smallest absolute Gasteiger partial charge is 0.335 e. The molecular formula is C55H92O12. The zero-order valence-electron chi connectivity index (χ0n) is 41.9. The largest absolute Gasteiger partial charge is 0.479 e. The first-order chi connectivity index (χ1) is 32.6. The van der Waals surface area contributed by atoms with E-state index >= 15 is 0 Å². The van der Waals surface area contributed by atoms with Crippen LogP contribution in [0.15, 0.2) is 60.8 Å². The maximum atomic E-state index is 13.0. The summed E-state index contributed by atoms with van der Waals surface area (Å²) in [5.41, 5.74) is 0. The van der Waals surface area contributed by atoms with Crippen LogP contribution >= 0.6 is 0 Å². The average molecular weight is 945 g/mol. The van der Waals surface area contributed by atoms with E-state index < -0.39 is 67.3 Å². The Hall–Kier alpha value is -3.58. The maximum absolute atomic E-state index is 13.0. The van der Waals surface area contributed by atoms with Crippen LogP contribution in [-0.2, 0) is 42.9 Å². The fourth-order valence-electron chi connectivity index (χ4n) is 7.42. The summed E-state index contributed by atoms with van der Waals surface area (Å²) in [5.74, 6) is -3.17. The van der Waals surface area contributed by atoms with Gasteiger partial charge >= 0.3 is 23.9 Å². The third-order valence-corrected chi connectivity index (χ3v) is 11.5. The summed E-state index contributed by atoms with van der Waals surface area (Å²) >= 11 is 0. The molecular weight excluding hydrogens is 853 g/mol. The topological polar surface area (TPSA) is 175 Å². The van der Waals surface area contributed by atoms with Crippen molar-refractivity contribution in [3.63, 3.8) is 0 Å². The predicted octanol–water partition coefficient (Wildman–Crippen LogP) is 12.4. The highest BCUT2D eigenvalue weighted by atomic mass is 16.7. The first-order valence-corrected chi connectivity index (χ1v) is 26.3. The molecule has 0 spiro atoms. The van der Waals surface area contributed by atoms with E-state index in [2.05, 4.69) is 81.5 Å². The molecule has 3 N–H and O–H groups in total. The molecule has 6 atom stereocenters. The summed E-state index contributed by atoms with van der Waals surface area (Å²) in [5, 5.41) is 31.3. The van der Waals surface area contributed by atoms with Crippen molar-refractivity contribution in [1.29, 1.82) is 0 Å². The number of carboxylic acids is 1. The quantitative estimate of drug-likeness (QED) is 0.0229. The standard InChI is InChI=1S/C55H92O12/c1-4-7-10-13-16-19-22-24-27-29-32-35-38-41-47(56)63-44-46(65-48(57)42-39-36-33-30-26-21-18-15-12-9-6-3)45-64-55-53(51(60)50(59)52(67-55)54(61)62)66-49(58)43-40-37-34-31-28-25-23-20-17-14-11-8-5-2/h10-11,13-15,18-20,22-23,46,50-53,55,59-60H,4-9,12,16-17,21,24-45H2,1-3H3,(H,61,62)/b13-10-,14-11-,18-15-,22-19-,23-20-. The number of aliphatic carboxylic acids is 1. The molecule has 67 heavy (non-hydrogen) atoms. The molecule has 0 aliphatic carbocycles. The number of unbranched alkanes of at least 4 members (excludes halogenated alkanes) is 19. The van der Waals surface area contributed by atoms with Gasteiger partial charge in [-0.1, -0.05) is 165 Å². The van der Waals surface area contributed by atoms with E-state index in [0.29, 0.717) is 19.3 Å². The predicted molar refractivity (Wildman–Crippen MR) is 266 cm³/mol. The van der Waals surface area contributed by atoms with Gasteiger partial charge in [-0.25, -0.2) is 4.79 Å². The van der Waals surface area contributed by atoms with Crippen LogP contribution in [0.3, 0.4) is 0 Å². The molecule has 1 fully saturated rings. The van der Waals surface area contributed by atoms with Gasteiger partial charge in [0, 0.05) is 19.3 Å². The van der Waals surface area contributed by atoms with E-state index in [0.717, 1.165) is 141 Å². The van der Waals surface area contributed by atoms with Crippen LogP contribution in [-0.4, -0.2) is 89.2 Å². The number of carbonyl (C=O) groups is 4. The molecule has 0 aromatic carbocycles. The molecule has 0 radical (unpaired) electrons. The van der Waals surface area contributed by atoms with Crippen LogP contribution in [0.25, 0.3) is 0 Å². The first-order valence-electron chi connectivity index (χ1n) is 26.3. The average Bonchev–Trinajstić information content (AvgIpc) is 3.31. The van der Waals surface area contributed by atoms with Crippen molar-refractivity contribution in [2.45, 2.75) is 250 Å². The summed E-state index contributed by atoms with van der Waals surface area (Å²) < 4.78 is 28.2. The second-order valence-electron chi connectivity index (χ2n) is 17.8. The number of hydrogen-bond acceptors (Lipinski definition) is 11. The number of esters is 3. The van der Waals surface area contributed by atoms with Crippen LogP contribution in [0, 0.1) is 0 Å². The fourth-order valence-corrected chi connectivity index (χ4v) is 7.42. The molecule has 1 aliphatic heterocycles. The lowest BCUT2D eigenvalue weighted by atomic mass is 9.98. The summed E-state index contributed by atoms with van der Waals surface area (Å²) in [6, 6.07) is 0. The lowest BCUT2D eigenvalue weighted by Gasteiger charge is -2.40. The molecule has 1 saturated heterocycles. The molecule has 0 amide bonds. The Morgan fingerprint density at radius 3 is 1.42 bits per heavy atom. The molecule has 12 heteroatoms. The monoisotopic (exact) mass is 945 g/mol. The van der Waals surface area contributed by atoms with Gasteiger partial charge in [-0.3, -0.25) is 14.4 Å². The van der Waals surface area contributed by atoms with Crippen molar-refractivity contribution in [2.75, 3.05) is 13.2 Å². The third-order valence-electron chi connectivity index (χ3n) is 11.5. The van der Waals surface area contributed by atoms with Crippen LogP contribution in [0.2, 0.25) is 0 Å². The third kappa shape index (κ3) is 34.4. The maximum Gasteiger partial charge on any atom is 0.335 e. The molecule has 0 aromatic rings. The highest BCUT2D eigenvalue weighted by Gasteiger charge is 2.50. The fraction of sp³-hybridized carbons (Fsp3) is 0.745. The van der Waals surface area contributed by atoms with Gasteiger partial charge in [-0.05, 0) is 89.9 Å². The zero-order valence-corrected chi connectivity index (χ0v) is 41.9. The molecule has 1 aliphatic rings. The molecule has 0 aromatic heterocycles. The number of allylic oxidation sites excluding steroid dienone is 10. The number of aliphatic hydroxyl groups is 2. The van der Waals surface area contributed by atoms with Gasteiger partial charge in [-0.15, -0.1) is 0 Å². The SMILES string of the molecule is CCC/C=C\C/C=C\CCCCCCCC(=O)OCC(COC1OC(C(=O)O)C(O)C(O)C1OC(=O)CCCCCCC/C=C\C/C=C\CCC)OC(=O)CCCCCCC/C=C\CCCC. The minimum absolute atomic E-state index is 0.0410. The second kappa shape index (κ2) is 43.7. The van der Waals surface area contributed by atoms with Gasteiger partial charge in [0.25, 0.3) is 0 Å². The highest BCUT2D eigenvalue weighted by molar-refractivity contribution is 5.74. The summed E-state index contributed by atoms with van der Waals surface area (Å²) in [4.78, 5) is 50.8. The normalized spacial score (nSPS) is 19.3. The van der Waals surface area contributed by atoms with Crippen LogP contribution in [0.1, 0.15) is 213 Å². The highest BCUT2D eigenvalue weighted by Crippen LogP contribution is 2.26. The number of carboxylic acid groups (broad SMARTS) is 1. The molecule has 6 unspecified atom stereocenters. The van der Waals surface area contributed by atoms with Crippen LogP contribution < -0.4 is 0 Å². The zero-order chi connectivity index (χ0) is 49.0. The van der Waals surface area contributed by atoms with Crippen molar-refractivity contribution in [3.8, 4) is 0 Å². The molecule has 384 valence electrons. The van der Waals surface area contributed by atoms with Gasteiger partial charge < -0.3 is 39.0 Å². The molecule has 0 bridgehead atoms. The Kier molecular flexibility index (Phi) is 40.1. The van der Waals surface area contributed by atoms with Crippen LogP contribution in [0.4, 0.5) is 0 Å². The van der Waals surface area contributed by atoms with Gasteiger partial charge in [0.15, 0.2) is 24.6 Å². The lowest BCUT2D eigenvalue weighted by Crippen LogP contribution is -2.61. The Balaban J connectivity index is 2.75. The molecule has 1 heterocycles. The first kappa shape index (κ1) is 61.4. The van der Waals surface area contributed by atoms with Crippen molar-refractivity contribution in [3.05, 3.63) is 60.8 Å². The van der Waals surface area contributed by atoms with Crippen molar-refractivity contribution >= 4 is 23.9 Å². The van der Waals surface area contributed by atoms with E-state index in [1.807, 2.05) is 0 Å². The number of rotatable bonds is 43. The van der Waals surface area contributed by atoms with Gasteiger partial charge in [-0.2, -0.15) is 0 Å². The second-order valence-corrected chi connectivity index (χ2v) is 17.8. The van der Waals surface area contributed by atoms with E-state index in [-0.39, 0.29) is 25.9 Å². The number of hydrogen-bond donors (Lipinski definition) is 3. The van der Waals surface area contributed by atoms with Crippen molar-refractivity contribution in [2.24, 2.45) is 0 Å². The number of ether oxygens (including phenoxy) is 5. The molecule has 0 saturated carbocycles. The molecule has 1 rings (SSSR count). The van der Waals surface area contributed by atoms with Crippen molar-refractivity contribution in [1.82, 2.24) is 0 Å². The minimum atomic E-state index is -1.91. The van der Waals surface area contributed by atoms with E-state index in [9.17, 15) is 34.5 Å². The van der Waals surface area contributed by atoms with Crippen LogP contribution in [0.5, 0.6) is 0 Å². The lowest BCUT2D eigenvalue weighted by molar-refractivity contribution is -0.301. The summed E-state index contributed by atoms with van der Waals surface area (Å²) in [6.07, 6.45) is 39.2. The van der Waals surface area contributed by atoms with Crippen molar-refractivity contribution < 1.29 is 58.2 Å². The van der Waals surface area contributed by atoms with E-state index in [4.69, 9.17) is 23.7 Å². The Bertz CT molecular complexity index is 1400. The summed E-state index contributed by atoms with van der Waals surface area (Å²) in [6.45, 7) is 5.76. The Morgan fingerprint density at radius 1 is 0.493 bits per heavy atom. The minimum Gasteiger partial charge on any atom is -0.479 e. The van der Waals surface area contributed by atoms with Gasteiger partial charge in [0.1, 0.15) is 18.8 Å². The van der Waals surface area contributed by atoms with Gasteiger partial charge in [0.2, 0.25) is 0 Å². The Labute approximate surface area is 405 Å². The van der Waals surface area contributed by atoms with E-state index in [1.165, 1.54) is 12.8 Å². The number of aliphatic hydroxyl groups excluding tert-OH is 2. The summed E-state index contributed by atoms with van der Waals surface area (Å²) in [7, 11) is 0. The molecule has 12 nitrogen and oxygen atoms in total. The Morgan fingerprint density at radius 2 is 0.925 bits per heavy atom. The van der Waals surface area contributed by atoms with E-state index in [1.54, 1.807) is 0 Å². The van der Waals surface area contributed by atoms with Gasteiger partial charge in [0.05, 0.1) is 6.61 Å². The number of carbonyl (C=O) groups excluding carboxylic acids is 3.